The quantitative estimate of drug-likeness (QED) is 0.787. The summed E-state index contributed by atoms with van der Waals surface area (Å²) in [6.07, 6.45) is 0.901. The van der Waals surface area contributed by atoms with E-state index in [9.17, 15) is 4.79 Å². The van der Waals surface area contributed by atoms with Crippen molar-refractivity contribution in [2.75, 3.05) is 11.9 Å². The second-order valence-electron chi connectivity index (χ2n) is 4.58. The van der Waals surface area contributed by atoms with E-state index in [1.165, 1.54) is 0 Å². The highest BCUT2D eigenvalue weighted by molar-refractivity contribution is 5.70. The van der Waals surface area contributed by atoms with E-state index in [-0.39, 0.29) is 6.04 Å². The first-order valence-corrected chi connectivity index (χ1v) is 6.41. The standard InChI is InChI=1S/C13H21N3O3/c1-5-6-19-11-7-8(2)14-13(16-11)15-10(4)9(3)12(17)18/h7,9-10H,5-6H2,1-4H3,(H,17,18)(H,14,15,16). The summed E-state index contributed by atoms with van der Waals surface area (Å²) in [5, 5.41) is 11.9. The lowest BCUT2D eigenvalue weighted by Gasteiger charge is -2.18. The molecule has 1 aromatic rings. The van der Waals surface area contributed by atoms with Gasteiger partial charge in [0.25, 0.3) is 0 Å². The number of carbonyl (C=O) groups is 1. The molecule has 0 aromatic carbocycles. The number of nitrogens with zero attached hydrogens (tertiary/aromatic N) is 2. The zero-order valence-corrected chi connectivity index (χ0v) is 11.8. The Labute approximate surface area is 113 Å². The van der Waals surface area contributed by atoms with Gasteiger partial charge in [0.1, 0.15) is 0 Å². The maximum atomic E-state index is 10.9. The van der Waals surface area contributed by atoms with Crippen LogP contribution in [0.25, 0.3) is 0 Å². The molecule has 0 aliphatic heterocycles. The number of rotatable bonds is 7. The Bertz CT molecular complexity index is 437. The smallest absolute Gasteiger partial charge is 0.308 e. The number of aryl methyl sites for hydroxylation is 1. The number of ether oxygens (including phenoxy) is 1. The number of hydrogen-bond donors (Lipinski definition) is 2. The molecule has 0 bridgehead atoms. The minimum atomic E-state index is -0.852. The molecule has 0 fully saturated rings. The average Bonchev–Trinajstić information content (AvgIpc) is 2.34. The molecule has 2 atom stereocenters. The van der Waals surface area contributed by atoms with Crippen LogP contribution in [0.4, 0.5) is 5.95 Å². The Morgan fingerprint density at radius 2 is 2.16 bits per heavy atom. The Hall–Kier alpha value is -1.85. The Morgan fingerprint density at radius 1 is 1.47 bits per heavy atom. The molecule has 1 aromatic heterocycles. The van der Waals surface area contributed by atoms with E-state index < -0.39 is 11.9 Å². The molecular formula is C13H21N3O3. The SMILES string of the molecule is CCCOc1cc(C)nc(NC(C)C(C)C(=O)O)n1. The number of hydrogen-bond acceptors (Lipinski definition) is 5. The van der Waals surface area contributed by atoms with Crippen molar-refractivity contribution in [3.8, 4) is 5.88 Å². The summed E-state index contributed by atoms with van der Waals surface area (Å²) >= 11 is 0. The lowest BCUT2D eigenvalue weighted by molar-refractivity contribution is -0.141. The van der Waals surface area contributed by atoms with Gasteiger partial charge in [-0.2, -0.15) is 4.98 Å². The minimum Gasteiger partial charge on any atom is -0.481 e. The first-order valence-electron chi connectivity index (χ1n) is 6.41. The van der Waals surface area contributed by atoms with E-state index >= 15 is 0 Å². The first-order chi connectivity index (χ1) is 8.93. The molecule has 19 heavy (non-hydrogen) atoms. The van der Waals surface area contributed by atoms with E-state index in [0.717, 1.165) is 12.1 Å². The molecule has 0 saturated heterocycles. The number of anilines is 1. The van der Waals surface area contributed by atoms with Crippen LogP contribution in [0.15, 0.2) is 6.07 Å². The highest BCUT2D eigenvalue weighted by Crippen LogP contribution is 2.15. The highest BCUT2D eigenvalue weighted by atomic mass is 16.5. The van der Waals surface area contributed by atoms with Crippen LogP contribution in [-0.4, -0.2) is 33.7 Å². The van der Waals surface area contributed by atoms with Crippen LogP contribution in [0, 0.1) is 12.8 Å². The fourth-order valence-electron chi connectivity index (χ4n) is 1.43. The molecule has 0 spiro atoms. The number of aliphatic carboxylic acids is 1. The second kappa shape index (κ2) is 6.92. The number of carboxylic acids is 1. The maximum absolute atomic E-state index is 10.9. The van der Waals surface area contributed by atoms with Crippen LogP contribution in [0.2, 0.25) is 0 Å². The summed E-state index contributed by atoms with van der Waals surface area (Å²) in [5.74, 6) is -0.474. The predicted octanol–water partition coefficient (Wildman–Crippen LogP) is 2.09. The van der Waals surface area contributed by atoms with Gasteiger partial charge < -0.3 is 15.2 Å². The van der Waals surface area contributed by atoms with Crippen molar-refractivity contribution in [2.24, 2.45) is 5.92 Å². The molecule has 106 valence electrons. The lowest BCUT2D eigenvalue weighted by atomic mass is 10.0. The molecule has 0 aliphatic rings. The van der Waals surface area contributed by atoms with E-state index in [2.05, 4.69) is 15.3 Å². The average molecular weight is 267 g/mol. The van der Waals surface area contributed by atoms with Crippen LogP contribution >= 0.6 is 0 Å². The van der Waals surface area contributed by atoms with Gasteiger partial charge in [-0.15, -0.1) is 0 Å². The molecule has 2 unspecified atom stereocenters. The van der Waals surface area contributed by atoms with Crippen LogP contribution in [0.1, 0.15) is 32.9 Å². The van der Waals surface area contributed by atoms with Crippen molar-refractivity contribution in [3.05, 3.63) is 11.8 Å². The minimum absolute atomic E-state index is 0.265. The van der Waals surface area contributed by atoms with E-state index in [1.807, 2.05) is 13.8 Å². The summed E-state index contributed by atoms with van der Waals surface area (Å²) in [6.45, 7) is 7.89. The molecule has 1 heterocycles. The summed E-state index contributed by atoms with van der Waals surface area (Å²) in [4.78, 5) is 19.3. The van der Waals surface area contributed by atoms with Crippen molar-refractivity contribution >= 4 is 11.9 Å². The molecular weight excluding hydrogens is 246 g/mol. The Kier molecular flexibility index (Phi) is 5.54. The van der Waals surface area contributed by atoms with Gasteiger partial charge in [0, 0.05) is 17.8 Å². The molecule has 0 saturated carbocycles. The van der Waals surface area contributed by atoms with E-state index in [0.29, 0.717) is 18.4 Å². The first kappa shape index (κ1) is 15.2. The zero-order valence-electron chi connectivity index (χ0n) is 11.8. The second-order valence-corrected chi connectivity index (χ2v) is 4.58. The van der Waals surface area contributed by atoms with Gasteiger partial charge >= 0.3 is 5.97 Å². The highest BCUT2D eigenvalue weighted by Gasteiger charge is 2.20. The van der Waals surface area contributed by atoms with Gasteiger partial charge in [-0.1, -0.05) is 6.92 Å². The molecule has 6 nitrogen and oxygen atoms in total. The summed E-state index contributed by atoms with van der Waals surface area (Å²) < 4.78 is 5.46. The van der Waals surface area contributed by atoms with Gasteiger partial charge in [0.15, 0.2) is 0 Å². The summed E-state index contributed by atoms with van der Waals surface area (Å²) in [6, 6.07) is 1.49. The molecule has 0 radical (unpaired) electrons. The summed E-state index contributed by atoms with van der Waals surface area (Å²) in [7, 11) is 0. The van der Waals surface area contributed by atoms with Crippen LogP contribution in [0.5, 0.6) is 5.88 Å². The lowest BCUT2D eigenvalue weighted by Crippen LogP contribution is -2.30. The van der Waals surface area contributed by atoms with Gasteiger partial charge in [-0.25, -0.2) is 4.98 Å². The monoisotopic (exact) mass is 267 g/mol. The molecule has 0 aliphatic carbocycles. The van der Waals surface area contributed by atoms with Crippen molar-refractivity contribution < 1.29 is 14.6 Å². The van der Waals surface area contributed by atoms with E-state index in [4.69, 9.17) is 9.84 Å². The maximum Gasteiger partial charge on any atom is 0.308 e. The Balaban J connectivity index is 2.77. The van der Waals surface area contributed by atoms with Crippen LogP contribution in [-0.2, 0) is 4.79 Å². The molecule has 0 amide bonds. The fraction of sp³-hybridized carbons (Fsp3) is 0.615. The van der Waals surface area contributed by atoms with Gasteiger partial charge in [-0.3, -0.25) is 4.79 Å². The van der Waals surface area contributed by atoms with Crippen molar-refractivity contribution in [2.45, 2.75) is 40.2 Å². The van der Waals surface area contributed by atoms with Gasteiger partial charge in [0.05, 0.1) is 12.5 Å². The summed E-state index contributed by atoms with van der Waals surface area (Å²) in [5.41, 5.74) is 0.777. The van der Waals surface area contributed by atoms with E-state index in [1.54, 1.807) is 19.9 Å². The van der Waals surface area contributed by atoms with Crippen LogP contribution < -0.4 is 10.1 Å². The third-order valence-electron chi connectivity index (χ3n) is 2.78. The Morgan fingerprint density at radius 3 is 2.74 bits per heavy atom. The molecule has 2 N–H and O–H groups in total. The third-order valence-corrected chi connectivity index (χ3v) is 2.78. The van der Waals surface area contributed by atoms with Crippen molar-refractivity contribution in [1.82, 2.24) is 9.97 Å². The normalized spacial score (nSPS) is 13.7. The molecule has 1 rings (SSSR count). The number of nitrogens with one attached hydrogen (secondary N) is 1. The largest absolute Gasteiger partial charge is 0.481 e. The predicted molar refractivity (Wildman–Crippen MR) is 72.4 cm³/mol. The number of aromatic nitrogens is 2. The fourth-order valence-corrected chi connectivity index (χ4v) is 1.43. The van der Waals surface area contributed by atoms with Gasteiger partial charge in [-0.05, 0) is 27.2 Å². The molecule has 6 heteroatoms. The van der Waals surface area contributed by atoms with Gasteiger partial charge in [0.2, 0.25) is 11.8 Å². The van der Waals surface area contributed by atoms with Crippen molar-refractivity contribution in [1.29, 1.82) is 0 Å². The third kappa shape index (κ3) is 4.73. The van der Waals surface area contributed by atoms with Crippen LogP contribution in [0.3, 0.4) is 0 Å². The number of carboxylic acid groups (broad SMARTS) is 1. The van der Waals surface area contributed by atoms with Crippen molar-refractivity contribution in [3.63, 3.8) is 0 Å². The topological polar surface area (TPSA) is 84.3 Å². The zero-order chi connectivity index (χ0) is 14.4.